The SMILES string of the molecule is CC[C@H]1CCCCN1c1ccc([N+](=O)[O-])cc1/C=N\n1cnnc1SCc1ccccc1. The van der Waals surface area contributed by atoms with Crippen molar-refractivity contribution in [3.63, 3.8) is 0 Å². The van der Waals surface area contributed by atoms with Crippen LogP contribution in [-0.2, 0) is 5.75 Å². The van der Waals surface area contributed by atoms with Crippen LogP contribution in [0.2, 0.25) is 0 Å². The number of nitrogens with zero attached hydrogens (tertiary/aromatic N) is 6. The fourth-order valence-corrected chi connectivity index (χ4v) is 4.82. The first-order valence-electron chi connectivity index (χ1n) is 10.8. The summed E-state index contributed by atoms with van der Waals surface area (Å²) in [5, 5.41) is 24.8. The second-order valence-corrected chi connectivity index (χ2v) is 8.67. The van der Waals surface area contributed by atoms with Crippen molar-refractivity contribution in [3.05, 3.63) is 76.1 Å². The van der Waals surface area contributed by atoms with Gasteiger partial charge >= 0.3 is 0 Å². The maximum absolute atomic E-state index is 11.4. The number of rotatable bonds is 8. The summed E-state index contributed by atoms with van der Waals surface area (Å²) in [6.07, 6.45) is 7.75. The summed E-state index contributed by atoms with van der Waals surface area (Å²) >= 11 is 1.54. The van der Waals surface area contributed by atoms with Crippen molar-refractivity contribution in [1.82, 2.24) is 14.9 Å². The van der Waals surface area contributed by atoms with Crippen molar-refractivity contribution in [1.29, 1.82) is 0 Å². The first kappa shape index (κ1) is 22.0. The van der Waals surface area contributed by atoms with Crippen molar-refractivity contribution in [2.45, 2.75) is 49.6 Å². The van der Waals surface area contributed by atoms with Crippen molar-refractivity contribution < 1.29 is 4.92 Å². The number of piperidine rings is 1. The molecule has 1 aliphatic heterocycles. The van der Waals surface area contributed by atoms with Crippen molar-refractivity contribution in [2.75, 3.05) is 11.4 Å². The second kappa shape index (κ2) is 10.4. The summed E-state index contributed by atoms with van der Waals surface area (Å²) in [6, 6.07) is 15.6. The van der Waals surface area contributed by atoms with Crippen LogP contribution in [0.5, 0.6) is 0 Å². The Morgan fingerprint density at radius 1 is 1.25 bits per heavy atom. The van der Waals surface area contributed by atoms with Gasteiger partial charge in [-0.3, -0.25) is 10.1 Å². The first-order chi connectivity index (χ1) is 15.7. The van der Waals surface area contributed by atoms with Crippen LogP contribution in [0.3, 0.4) is 0 Å². The minimum absolute atomic E-state index is 0.0580. The van der Waals surface area contributed by atoms with Gasteiger partial charge < -0.3 is 4.90 Å². The van der Waals surface area contributed by atoms with Crippen LogP contribution in [0.15, 0.2) is 65.1 Å². The topological polar surface area (TPSA) is 89.5 Å². The van der Waals surface area contributed by atoms with Crippen molar-refractivity contribution >= 4 is 29.4 Å². The molecule has 4 rings (SSSR count). The number of aromatic nitrogens is 3. The van der Waals surface area contributed by atoms with Gasteiger partial charge in [-0.25, -0.2) is 0 Å². The standard InChI is InChI=1S/C23H26N6O2S/c1-2-20-10-6-7-13-27(20)22-12-11-21(29(30)31)14-19(22)15-25-28-17-24-26-23(28)32-16-18-8-4-3-5-9-18/h3-5,8-9,11-12,14-15,17,20H,2,6-7,10,13,16H2,1H3/b25-15-/t20-/m0/s1. The number of anilines is 1. The van der Waals surface area contributed by atoms with Crippen LogP contribution < -0.4 is 4.90 Å². The van der Waals surface area contributed by atoms with Gasteiger partial charge in [-0.2, -0.15) is 9.78 Å². The van der Waals surface area contributed by atoms with E-state index in [-0.39, 0.29) is 10.6 Å². The number of benzene rings is 2. The van der Waals surface area contributed by atoms with Gasteiger partial charge in [0.2, 0.25) is 5.16 Å². The molecule has 0 amide bonds. The molecular weight excluding hydrogens is 424 g/mol. The molecule has 0 saturated carbocycles. The second-order valence-electron chi connectivity index (χ2n) is 7.73. The molecule has 1 saturated heterocycles. The zero-order valence-electron chi connectivity index (χ0n) is 18.0. The molecule has 0 bridgehead atoms. The fourth-order valence-electron chi connectivity index (χ4n) is 4.00. The molecule has 0 aliphatic carbocycles. The van der Waals surface area contributed by atoms with Crippen molar-refractivity contribution in [2.24, 2.45) is 5.10 Å². The van der Waals surface area contributed by atoms with Gasteiger partial charge in [-0.05, 0) is 37.3 Å². The molecule has 1 aromatic heterocycles. The van der Waals surface area contributed by atoms with E-state index in [1.165, 1.54) is 12.0 Å². The molecule has 1 atom stereocenters. The lowest BCUT2D eigenvalue weighted by Gasteiger charge is -2.38. The van der Waals surface area contributed by atoms with E-state index in [1.54, 1.807) is 41.1 Å². The summed E-state index contributed by atoms with van der Waals surface area (Å²) in [5.41, 5.74) is 2.96. The number of nitro benzene ring substituents is 1. The molecule has 32 heavy (non-hydrogen) atoms. The van der Waals surface area contributed by atoms with Gasteiger partial charge in [0.1, 0.15) is 6.33 Å². The van der Waals surface area contributed by atoms with E-state index >= 15 is 0 Å². The molecule has 2 heterocycles. The molecule has 1 aliphatic rings. The molecule has 9 heteroatoms. The number of thioether (sulfide) groups is 1. The Labute approximate surface area is 191 Å². The lowest BCUT2D eigenvalue weighted by molar-refractivity contribution is -0.384. The Morgan fingerprint density at radius 3 is 2.88 bits per heavy atom. The lowest BCUT2D eigenvalue weighted by Crippen LogP contribution is -2.39. The zero-order chi connectivity index (χ0) is 22.3. The first-order valence-corrected chi connectivity index (χ1v) is 11.8. The molecule has 2 aromatic carbocycles. The van der Waals surface area contributed by atoms with Crippen molar-refractivity contribution in [3.8, 4) is 0 Å². The Balaban J connectivity index is 1.60. The number of nitro groups is 1. The largest absolute Gasteiger partial charge is 0.368 e. The molecule has 1 fully saturated rings. The van der Waals surface area contributed by atoms with E-state index in [4.69, 9.17) is 0 Å². The highest BCUT2D eigenvalue weighted by molar-refractivity contribution is 7.98. The third-order valence-electron chi connectivity index (χ3n) is 5.66. The highest BCUT2D eigenvalue weighted by Crippen LogP contribution is 2.31. The van der Waals surface area contributed by atoms with E-state index in [1.807, 2.05) is 24.3 Å². The Hall–Kier alpha value is -3.20. The molecule has 8 nitrogen and oxygen atoms in total. The number of hydrogen-bond acceptors (Lipinski definition) is 7. The Kier molecular flexibility index (Phi) is 7.16. The molecule has 166 valence electrons. The highest BCUT2D eigenvalue weighted by atomic mass is 32.2. The summed E-state index contributed by atoms with van der Waals surface area (Å²) in [5.74, 6) is 0.753. The molecule has 3 aromatic rings. The Bertz CT molecular complexity index is 1090. The van der Waals surface area contributed by atoms with Crippen LogP contribution in [-0.4, -0.2) is 38.6 Å². The third kappa shape index (κ3) is 5.16. The molecule has 0 radical (unpaired) electrons. The third-order valence-corrected chi connectivity index (χ3v) is 6.67. The summed E-state index contributed by atoms with van der Waals surface area (Å²) in [6.45, 7) is 3.14. The fraction of sp³-hybridized carbons (Fsp3) is 0.348. The summed E-state index contributed by atoms with van der Waals surface area (Å²) in [4.78, 5) is 13.4. The molecule has 0 N–H and O–H groups in total. The van der Waals surface area contributed by atoms with Gasteiger partial charge in [0.25, 0.3) is 5.69 Å². The van der Waals surface area contributed by atoms with E-state index in [0.29, 0.717) is 11.2 Å². The summed E-state index contributed by atoms with van der Waals surface area (Å²) < 4.78 is 1.61. The van der Waals surface area contributed by atoms with Crippen LogP contribution >= 0.6 is 11.8 Å². The van der Waals surface area contributed by atoms with Crippen LogP contribution in [0.1, 0.15) is 43.7 Å². The van der Waals surface area contributed by atoms with E-state index in [2.05, 4.69) is 39.3 Å². The average molecular weight is 451 g/mol. The minimum Gasteiger partial charge on any atom is -0.368 e. The maximum Gasteiger partial charge on any atom is 0.270 e. The highest BCUT2D eigenvalue weighted by Gasteiger charge is 2.24. The van der Waals surface area contributed by atoms with E-state index < -0.39 is 0 Å². The maximum atomic E-state index is 11.4. The summed E-state index contributed by atoms with van der Waals surface area (Å²) in [7, 11) is 0. The minimum atomic E-state index is -0.367. The lowest BCUT2D eigenvalue weighted by atomic mass is 9.98. The van der Waals surface area contributed by atoms with E-state index in [0.717, 1.165) is 42.8 Å². The zero-order valence-corrected chi connectivity index (χ0v) is 18.8. The smallest absolute Gasteiger partial charge is 0.270 e. The van der Waals surface area contributed by atoms with Gasteiger partial charge in [-0.1, -0.05) is 49.0 Å². The van der Waals surface area contributed by atoms with Crippen LogP contribution in [0, 0.1) is 10.1 Å². The van der Waals surface area contributed by atoms with Gasteiger partial charge in [0, 0.05) is 41.7 Å². The number of non-ortho nitro benzene ring substituents is 1. The number of hydrogen-bond donors (Lipinski definition) is 0. The normalized spacial score (nSPS) is 16.5. The van der Waals surface area contributed by atoms with Gasteiger partial charge in [0.15, 0.2) is 0 Å². The molecular formula is C23H26N6O2S. The predicted octanol–water partition coefficient (Wildman–Crippen LogP) is 5.13. The monoisotopic (exact) mass is 450 g/mol. The van der Waals surface area contributed by atoms with Crippen LogP contribution in [0.4, 0.5) is 11.4 Å². The molecule has 0 unspecified atom stereocenters. The predicted molar refractivity (Wildman–Crippen MR) is 127 cm³/mol. The molecule has 0 spiro atoms. The van der Waals surface area contributed by atoms with Crippen LogP contribution in [0.25, 0.3) is 0 Å². The average Bonchev–Trinajstić information content (AvgIpc) is 3.29. The van der Waals surface area contributed by atoms with E-state index in [9.17, 15) is 10.1 Å². The van der Waals surface area contributed by atoms with Gasteiger partial charge in [0.05, 0.1) is 11.1 Å². The Morgan fingerprint density at radius 2 is 2.09 bits per heavy atom. The quantitative estimate of drug-likeness (QED) is 0.205. The van der Waals surface area contributed by atoms with Gasteiger partial charge in [-0.15, -0.1) is 10.2 Å².